The van der Waals surface area contributed by atoms with Crippen LogP contribution in [-0.2, 0) is 13.0 Å². The Kier molecular flexibility index (Phi) is 3.62. The van der Waals surface area contributed by atoms with E-state index in [1.54, 1.807) is 0 Å². The van der Waals surface area contributed by atoms with Crippen LogP contribution in [0.5, 0.6) is 0 Å². The topological polar surface area (TPSA) is 25.2 Å². The molecule has 0 saturated heterocycles. The molecule has 2 rings (SSSR count). The van der Waals surface area contributed by atoms with Gasteiger partial charge in [-0.15, -0.1) is 0 Å². The van der Waals surface area contributed by atoms with E-state index in [-0.39, 0.29) is 0 Å². The van der Waals surface area contributed by atoms with Crippen LogP contribution in [0.3, 0.4) is 0 Å². The van der Waals surface area contributed by atoms with Crippen molar-refractivity contribution in [2.24, 2.45) is 0 Å². The number of aryl methyl sites for hydroxylation is 1. The lowest BCUT2D eigenvalue weighted by molar-refractivity contribution is 0.531. The average Bonchev–Trinajstić information content (AvgIpc) is 2.68. The van der Waals surface area contributed by atoms with Gasteiger partial charge in [0.15, 0.2) is 0 Å². The normalized spacial score (nSPS) is 11.1. The number of unbranched alkanes of at least 4 members (excludes halogenated alkanes) is 1. The van der Waals surface area contributed by atoms with Crippen LogP contribution in [0, 0.1) is 0 Å². The molecule has 1 N–H and O–H groups in total. The van der Waals surface area contributed by atoms with E-state index in [4.69, 9.17) is 4.42 Å². The van der Waals surface area contributed by atoms with E-state index in [0.29, 0.717) is 0 Å². The number of benzene rings is 1. The third-order valence-corrected chi connectivity index (χ3v) is 2.80. The number of rotatable bonds is 5. The van der Waals surface area contributed by atoms with Crippen LogP contribution in [0.2, 0.25) is 0 Å². The van der Waals surface area contributed by atoms with Gasteiger partial charge in [-0.25, -0.2) is 0 Å². The Balaban J connectivity index is 2.23. The Hall–Kier alpha value is -1.28. The Morgan fingerprint density at radius 1 is 1.25 bits per heavy atom. The molecule has 0 aliphatic heterocycles. The van der Waals surface area contributed by atoms with Crippen molar-refractivity contribution in [3.8, 4) is 0 Å². The minimum Gasteiger partial charge on any atom is -0.460 e. The van der Waals surface area contributed by atoms with Gasteiger partial charge in [0, 0.05) is 5.39 Å². The molecular weight excluding hydrogens is 198 g/mol. The van der Waals surface area contributed by atoms with Crippen molar-refractivity contribution >= 4 is 11.0 Å². The average molecular weight is 217 g/mol. The predicted octanol–water partition coefficient (Wildman–Crippen LogP) is 3.49. The molecule has 1 aromatic heterocycles. The summed E-state index contributed by atoms with van der Waals surface area (Å²) in [6, 6.07) is 8.62. The highest BCUT2D eigenvalue weighted by molar-refractivity contribution is 5.78. The van der Waals surface area contributed by atoms with Crippen LogP contribution >= 0.6 is 0 Å². The van der Waals surface area contributed by atoms with E-state index in [0.717, 1.165) is 17.9 Å². The SMILES string of the molecule is CCCCc1ccc2oc(CNC)cc2c1. The van der Waals surface area contributed by atoms with Gasteiger partial charge in [0.05, 0.1) is 6.54 Å². The Morgan fingerprint density at radius 2 is 2.12 bits per heavy atom. The van der Waals surface area contributed by atoms with E-state index in [1.807, 2.05) is 7.05 Å². The number of fused-ring (bicyclic) bond motifs is 1. The van der Waals surface area contributed by atoms with Gasteiger partial charge in [-0.2, -0.15) is 0 Å². The molecule has 1 aromatic carbocycles. The van der Waals surface area contributed by atoms with Crippen molar-refractivity contribution in [3.63, 3.8) is 0 Å². The van der Waals surface area contributed by atoms with E-state index in [1.165, 1.54) is 30.2 Å². The zero-order valence-corrected chi connectivity index (χ0v) is 10.0. The fourth-order valence-corrected chi connectivity index (χ4v) is 1.95. The molecular formula is C14H19NO. The van der Waals surface area contributed by atoms with E-state index in [2.05, 4.69) is 36.5 Å². The van der Waals surface area contributed by atoms with Gasteiger partial charge in [-0.05, 0) is 43.7 Å². The molecule has 0 unspecified atom stereocenters. The summed E-state index contributed by atoms with van der Waals surface area (Å²) in [4.78, 5) is 0. The molecule has 1 heterocycles. The lowest BCUT2D eigenvalue weighted by Crippen LogP contribution is -2.03. The molecule has 0 aliphatic carbocycles. The van der Waals surface area contributed by atoms with E-state index in [9.17, 15) is 0 Å². The molecule has 0 radical (unpaired) electrons. The first-order valence-electron chi connectivity index (χ1n) is 5.99. The molecule has 0 atom stereocenters. The second-order valence-corrected chi connectivity index (χ2v) is 4.22. The number of hydrogen-bond donors (Lipinski definition) is 1. The van der Waals surface area contributed by atoms with Gasteiger partial charge in [0.1, 0.15) is 11.3 Å². The van der Waals surface area contributed by atoms with Crippen molar-refractivity contribution in [1.82, 2.24) is 5.32 Å². The van der Waals surface area contributed by atoms with Gasteiger partial charge in [0.2, 0.25) is 0 Å². The summed E-state index contributed by atoms with van der Waals surface area (Å²) in [6.45, 7) is 3.01. The molecule has 16 heavy (non-hydrogen) atoms. The standard InChI is InChI=1S/C14H19NO/c1-3-4-5-11-6-7-14-12(8-11)9-13(16-14)10-15-2/h6-9,15H,3-5,10H2,1-2H3. The van der Waals surface area contributed by atoms with Gasteiger partial charge >= 0.3 is 0 Å². The third kappa shape index (κ3) is 2.45. The number of nitrogens with one attached hydrogen (secondary N) is 1. The van der Waals surface area contributed by atoms with Gasteiger partial charge in [-0.3, -0.25) is 0 Å². The van der Waals surface area contributed by atoms with E-state index >= 15 is 0 Å². The van der Waals surface area contributed by atoms with Crippen LogP contribution in [0.4, 0.5) is 0 Å². The van der Waals surface area contributed by atoms with Gasteiger partial charge in [0.25, 0.3) is 0 Å². The summed E-state index contributed by atoms with van der Waals surface area (Å²) < 4.78 is 5.71. The van der Waals surface area contributed by atoms with E-state index < -0.39 is 0 Å². The summed E-state index contributed by atoms with van der Waals surface area (Å²) in [5.74, 6) is 1.00. The summed E-state index contributed by atoms with van der Waals surface area (Å²) in [7, 11) is 1.93. The van der Waals surface area contributed by atoms with Gasteiger partial charge < -0.3 is 9.73 Å². The monoisotopic (exact) mass is 217 g/mol. The maximum absolute atomic E-state index is 5.71. The molecule has 0 saturated carbocycles. The van der Waals surface area contributed by atoms with Crippen molar-refractivity contribution in [1.29, 1.82) is 0 Å². The smallest absolute Gasteiger partial charge is 0.134 e. The summed E-state index contributed by atoms with van der Waals surface area (Å²) >= 11 is 0. The first-order valence-corrected chi connectivity index (χ1v) is 5.99. The second kappa shape index (κ2) is 5.17. The molecule has 2 aromatic rings. The van der Waals surface area contributed by atoms with Crippen molar-refractivity contribution < 1.29 is 4.42 Å². The maximum Gasteiger partial charge on any atom is 0.134 e. The lowest BCUT2D eigenvalue weighted by Gasteiger charge is -1.98. The van der Waals surface area contributed by atoms with Crippen molar-refractivity contribution in [3.05, 3.63) is 35.6 Å². The lowest BCUT2D eigenvalue weighted by atomic mass is 10.1. The van der Waals surface area contributed by atoms with Crippen LogP contribution in [0.1, 0.15) is 31.1 Å². The summed E-state index contributed by atoms with van der Waals surface area (Å²) in [5.41, 5.74) is 2.40. The Bertz CT molecular complexity index is 459. The van der Waals surface area contributed by atoms with Crippen LogP contribution in [-0.4, -0.2) is 7.05 Å². The molecule has 86 valence electrons. The minimum atomic E-state index is 0.791. The first kappa shape index (κ1) is 11.2. The summed E-state index contributed by atoms with van der Waals surface area (Å²) in [5, 5.41) is 4.32. The first-order chi connectivity index (χ1) is 7.83. The molecule has 2 nitrogen and oxygen atoms in total. The molecule has 0 bridgehead atoms. The van der Waals surface area contributed by atoms with Crippen LogP contribution < -0.4 is 5.32 Å². The Labute approximate surface area is 96.6 Å². The molecule has 0 spiro atoms. The fraction of sp³-hybridized carbons (Fsp3) is 0.429. The molecule has 2 heteroatoms. The third-order valence-electron chi connectivity index (χ3n) is 2.80. The Morgan fingerprint density at radius 3 is 2.88 bits per heavy atom. The minimum absolute atomic E-state index is 0.791. The van der Waals surface area contributed by atoms with Crippen molar-refractivity contribution in [2.45, 2.75) is 32.7 Å². The van der Waals surface area contributed by atoms with Gasteiger partial charge in [-0.1, -0.05) is 19.4 Å². The highest BCUT2D eigenvalue weighted by Crippen LogP contribution is 2.21. The molecule has 0 fully saturated rings. The van der Waals surface area contributed by atoms with Crippen molar-refractivity contribution in [2.75, 3.05) is 7.05 Å². The predicted molar refractivity (Wildman–Crippen MR) is 67.6 cm³/mol. The quantitative estimate of drug-likeness (QED) is 0.829. The highest BCUT2D eigenvalue weighted by atomic mass is 16.3. The van der Waals surface area contributed by atoms with Crippen LogP contribution in [0.15, 0.2) is 28.7 Å². The number of hydrogen-bond acceptors (Lipinski definition) is 2. The fourth-order valence-electron chi connectivity index (χ4n) is 1.95. The zero-order chi connectivity index (χ0) is 11.4. The number of furan rings is 1. The maximum atomic E-state index is 5.71. The molecule has 0 amide bonds. The second-order valence-electron chi connectivity index (χ2n) is 4.22. The largest absolute Gasteiger partial charge is 0.460 e. The highest BCUT2D eigenvalue weighted by Gasteiger charge is 2.03. The van der Waals surface area contributed by atoms with Crippen LogP contribution in [0.25, 0.3) is 11.0 Å². The summed E-state index contributed by atoms with van der Waals surface area (Å²) in [6.07, 6.45) is 3.67. The molecule has 0 aliphatic rings. The zero-order valence-electron chi connectivity index (χ0n) is 10.0.